The van der Waals surface area contributed by atoms with Gasteiger partial charge in [0.2, 0.25) is 5.91 Å². The Balaban J connectivity index is 1.36. The van der Waals surface area contributed by atoms with Crippen molar-refractivity contribution in [2.45, 2.75) is 38.1 Å². The number of piperidine rings is 2. The number of rotatable bonds is 2. The maximum absolute atomic E-state index is 12.9. The number of hydrogen-bond acceptors (Lipinski definition) is 4. The van der Waals surface area contributed by atoms with Crippen LogP contribution >= 0.6 is 11.8 Å². The fourth-order valence-corrected chi connectivity index (χ4v) is 5.92. The minimum absolute atomic E-state index is 0.139. The maximum atomic E-state index is 12.9. The van der Waals surface area contributed by atoms with E-state index in [-0.39, 0.29) is 5.92 Å². The Morgan fingerprint density at radius 2 is 2.00 bits per heavy atom. The van der Waals surface area contributed by atoms with Gasteiger partial charge in [-0.1, -0.05) is 12.5 Å². The lowest BCUT2D eigenvalue weighted by Crippen LogP contribution is -2.57. The van der Waals surface area contributed by atoms with Gasteiger partial charge in [0.05, 0.1) is 5.92 Å². The Morgan fingerprint density at radius 1 is 1.13 bits per heavy atom. The van der Waals surface area contributed by atoms with Crippen molar-refractivity contribution in [3.05, 3.63) is 11.0 Å². The van der Waals surface area contributed by atoms with Crippen molar-refractivity contribution in [1.82, 2.24) is 15.1 Å². The molecule has 2 unspecified atom stereocenters. The zero-order valence-electron chi connectivity index (χ0n) is 14.0. The molecule has 0 radical (unpaired) electrons. The number of allylic oxidation sites excluding steroid dienone is 1. The first kappa shape index (κ1) is 16.0. The van der Waals surface area contributed by atoms with Crippen LogP contribution in [-0.4, -0.2) is 66.8 Å². The van der Waals surface area contributed by atoms with Gasteiger partial charge >= 0.3 is 0 Å². The number of fused-ring (bicyclic) bond motifs is 1. The van der Waals surface area contributed by atoms with Gasteiger partial charge in [-0.15, -0.1) is 11.8 Å². The lowest BCUT2D eigenvalue weighted by Gasteiger charge is -2.44. The van der Waals surface area contributed by atoms with Gasteiger partial charge in [-0.2, -0.15) is 0 Å². The molecule has 0 aromatic carbocycles. The molecule has 0 saturated carbocycles. The average molecular weight is 336 g/mol. The van der Waals surface area contributed by atoms with Crippen LogP contribution in [0.3, 0.4) is 0 Å². The van der Waals surface area contributed by atoms with E-state index in [9.17, 15) is 4.79 Å². The van der Waals surface area contributed by atoms with Crippen LogP contribution in [0.4, 0.5) is 0 Å². The van der Waals surface area contributed by atoms with Crippen molar-refractivity contribution in [2.75, 3.05) is 45.0 Å². The van der Waals surface area contributed by atoms with Crippen molar-refractivity contribution in [2.24, 2.45) is 11.8 Å². The van der Waals surface area contributed by atoms with Crippen LogP contribution in [-0.2, 0) is 4.79 Å². The first-order valence-corrected chi connectivity index (χ1v) is 10.4. The predicted molar refractivity (Wildman–Crippen MR) is 95.4 cm³/mol. The van der Waals surface area contributed by atoms with Crippen LogP contribution in [0, 0.1) is 11.8 Å². The second-order valence-electron chi connectivity index (χ2n) is 7.48. The first-order valence-electron chi connectivity index (χ1n) is 9.39. The Labute approximate surface area is 144 Å². The number of carbonyl (C=O) groups is 1. The van der Waals surface area contributed by atoms with E-state index in [1.54, 1.807) is 0 Å². The van der Waals surface area contributed by atoms with Crippen LogP contribution in [0.5, 0.6) is 0 Å². The summed E-state index contributed by atoms with van der Waals surface area (Å²) in [6.07, 6.45) is 8.74. The van der Waals surface area contributed by atoms with Crippen LogP contribution in [0.1, 0.15) is 32.1 Å². The van der Waals surface area contributed by atoms with Crippen LogP contribution in [0.2, 0.25) is 0 Å². The van der Waals surface area contributed by atoms with Gasteiger partial charge in [0.25, 0.3) is 0 Å². The molecule has 1 amide bonds. The molecule has 4 nitrogen and oxygen atoms in total. The zero-order chi connectivity index (χ0) is 15.6. The standard InChI is InChI=1S/C18H29N3OS/c22-18(21-10-9-20-8-2-1-3-16(20)12-21)15-11-17(23-13-15)14-4-6-19-7-5-14/h11,14-16,19H,1-10,12-13H2. The third kappa shape index (κ3) is 3.47. The highest BCUT2D eigenvalue weighted by molar-refractivity contribution is 8.03. The van der Waals surface area contributed by atoms with Gasteiger partial charge in [0.1, 0.15) is 0 Å². The summed E-state index contributed by atoms with van der Waals surface area (Å²) >= 11 is 1.95. The van der Waals surface area contributed by atoms with Crippen molar-refractivity contribution >= 4 is 17.7 Å². The molecule has 128 valence electrons. The summed E-state index contributed by atoms with van der Waals surface area (Å²) in [5.74, 6) is 2.21. The Kier molecular flexibility index (Phi) is 4.97. The molecule has 0 bridgehead atoms. The van der Waals surface area contributed by atoms with E-state index in [0.717, 1.165) is 38.5 Å². The molecule has 4 aliphatic rings. The summed E-state index contributed by atoms with van der Waals surface area (Å²) in [7, 11) is 0. The normalized spacial score (nSPS) is 33.4. The molecule has 23 heavy (non-hydrogen) atoms. The molecular formula is C18H29N3OS. The molecule has 5 heteroatoms. The fourth-order valence-electron chi connectivity index (χ4n) is 4.57. The molecule has 2 atom stereocenters. The number of carbonyl (C=O) groups excluding carboxylic acids is 1. The Morgan fingerprint density at radius 3 is 2.87 bits per heavy atom. The maximum Gasteiger partial charge on any atom is 0.230 e. The number of hydrogen-bond donors (Lipinski definition) is 1. The van der Waals surface area contributed by atoms with E-state index in [1.807, 2.05) is 11.8 Å². The summed E-state index contributed by atoms with van der Waals surface area (Å²) in [6.45, 7) is 6.49. The third-order valence-electron chi connectivity index (χ3n) is 6.00. The Bertz CT molecular complexity index is 475. The first-order chi connectivity index (χ1) is 11.3. The number of thioether (sulfide) groups is 1. The minimum Gasteiger partial charge on any atom is -0.339 e. The summed E-state index contributed by atoms with van der Waals surface area (Å²) < 4.78 is 0. The van der Waals surface area contributed by atoms with E-state index >= 15 is 0 Å². The van der Waals surface area contributed by atoms with Crippen LogP contribution in [0.15, 0.2) is 11.0 Å². The lowest BCUT2D eigenvalue weighted by atomic mass is 9.95. The minimum atomic E-state index is 0.139. The number of piperazine rings is 1. The number of nitrogens with zero attached hydrogens (tertiary/aromatic N) is 2. The van der Waals surface area contributed by atoms with Gasteiger partial charge in [-0.25, -0.2) is 0 Å². The summed E-state index contributed by atoms with van der Waals surface area (Å²) in [6, 6.07) is 0.628. The van der Waals surface area contributed by atoms with Gasteiger partial charge in [-0.3, -0.25) is 9.69 Å². The highest BCUT2D eigenvalue weighted by Crippen LogP contribution is 2.39. The van der Waals surface area contributed by atoms with E-state index in [2.05, 4.69) is 21.2 Å². The Hall–Kier alpha value is -0.520. The molecule has 0 spiro atoms. The molecule has 4 heterocycles. The molecule has 0 aromatic rings. The average Bonchev–Trinajstić information content (AvgIpc) is 3.11. The quantitative estimate of drug-likeness (QED) is 0.836. The fraction of sp³-hybridized carbons (Fsp3) is 0.833. The summed E-state index contributed by atoms with van der Waals surface area (Å²) in [5, 5.41) is 3.43. The number of amides is 1. The van der Waals surface area contributed by atoms with E-state index < -0.39 is 0 Å². The van der Waals surface area contributed by atoms with Crippen LogP contribution in [0.25, 0.3) is 0 Å². The van der Waals surface area contributed by atoms with E-state index in [4.69, 9.17) is 0 Å². The zero-order valence-corrected chi connectivity index (χ0v) is 14.8. The number of nitrogens with one attached hydrogen (secondary N) is 1. The topological polar surface area (TPSA) is 35.6 Å². The van der Waals surface area contributed by atoms with Gasteiger partial charge in [0, 0.05) is 31.4 Å². The molecule has 3 saturated heterocycles. The van der Waals surface area contributed by atoms with Gasteiger partial charge in [-0.05, 0) is 56.1 Å². The molecule has 1 N–H and O–H groups in total. The highest BCUT2D eigenvalue weighted by atomic mass is 32.2. The van der Waals surface area contributed by atoms with Crippen molar-refractivity contribution < 1.29 is 4.79 Å². The lowest BCUT2D eigenvalue weighted by molar-refractivity contribution is -0.136. The molecule has 0 aromatic heterocycles. The molecule has 0 aliphatic carbocycles. The smallest absolute Gasteiger partial charge is 0.230 e. The summed E-state index contributed by atoms with van der Waals surface area (Å²) in [4.78, 5) is 19.2. The van der Waals surface area contributed by atoms with Crippen molar-refractivity contribution in [1.29, 1.82) is 0 Å². The molecular weight excluding hydrogens is 306 g/mol. The predicted octanol–water partition coefficient (Wildman–Crippen LogP) is 1.93. The molecule has 3 fully saturated rings. The SMILES string of the molecule is O=C(C1C=C(C2CCNCC2)SC1)N1CCN2CCCCC2C1. The third-order valence-corrected chi connectivity index (χ3v) is 7.33. The van der Waals surface area contributed by atoms with Gasteiger partial charge in [0.15, 0.2) is 0 Å². The van der Waals surface area contributed by atoms with Crippen LogP contribution < -0.4 is 5.32 Å². The second kappa shape index (κ2) is 7.16. The van der Waals surface area contributed by atoms with Crippen molar-refractivity contribution in [3.63, 3.8) is 0 Å². The second-order valence-corrected chi connectivity index (χ2v) is 8.57. The van der Waals surface area contributed by atoms with E-state index in [0.29, 0.717) is 17.9 Å². The summed E-state index contributed by atoms with van der Waals surface area (Å²) in [5.41, 5.74) is 0. The molecule has 4 rings (SSSR count). The highest BCUT2D eigenvalue weighted by Gasteiger charge is 2.35. The van der Waals surface area contributed by atoms with E-state index in [1.165, 1.54) is 43.6 Å². The van der Waals surface area contributed by atoms with Gasteiger partial charge < -0.3 is 10.2 Å². The largest absolute Gasteiger partial charge is 0.339 e. The van der Waals surface area contributed by atoms with Crippen molar-refractivity contribution in [3.8, 4) is 0 Å². The molecule has 4 aliphatic heterocycles. The monoisotopic (exact) mass is 335 g/mol.